The zero-order valence-corrected chi connectivity index (χ0v) is 11.5. The molecule has 0 aromatic carbocycles. The van der Waals surface area contributed by atoms with Crippen LogP contribution in [-0.2, 0) is 19.6 Å². The Morgan fingerprint density at radius 2 is 2.00 bits per heavy atom. The number of halogens is 1. The predicted molar refractivity (Wildman–Crippen MR) is 65.4 cm³/mol. The number of sulfonamides is 1. The summed E-state index contributed by atoms with van der Waals surface area (Å²) in [5, 5.41) is 0. The number of carbonyl (C=O) groups is 1. The van der Waals surface area contributed by atoms with Gasteiger partial charge in [-0.1, -0.05) is 0 Å². The SMILES string of the molecule is CCOC(=O)C1CCN(S(=O)(=O)CCCl)CC1. The second-order valence-corrected chi connectivity index (χ2v) is 6.40. The monoisotopic (exact) mass is 283 g/mol. The summed E-state index contributed by atoms with van der Waals surface area (Å²) in [6, 6.07) is 0. The van der Waals surface area contributed by atoms with Crippen molar-refractivity contribution in [3.8, 4) is 0 Å². The van der Waals surface area contributed by atoms with E-state index in [0.717, 1.165) is 0 Å². The van der Waals surface area contributed by atoms with Crippen LogP contribution in [0.3, 0.4) is 0 Å². The largest absolute Gasteiger partial charge is 0.466 e. The molecule has 0 aromatic rings. The normalized spacial score (nSPS) is 19.2. The minimum absolute atomic E-state index is 0.0430. The van der Waals surface area contributed by atoms with Gasteiger partial charge < -0.3 is 4.74 Å². The van der Waals surface area contributed by atoms with Crippen molar-refractivity contribution < 1.29 is 17.9 Å². The Morgan fingerprint density at radius 1 is 1.41 bits per heavy atom. The Bertz CT molecular complexity index is 349. The van der Waals surface area contributed by atoms with Crippen molar-refractivity contribution in [2.24, 2.45) is 5.92 Å². The topological polar surface area (TPSA) is 63.7 Å². The van der Waals surface area contributed by atoms with Crippen LogP contribution < -0.4 is 0 Å². The average molecular weight is 284 g/mol. The molecule has 0 saturated carbocycles. The molecule has 1 fully saturated rings. The second kappa shape index (κ2) is 6.56. The highest BCUT2D eigenvalue weighted by atomic mass is 35.5. The number of piperidine rings is 1. The molecule has 0 spiro atoms. The Kier molecular flexibility index (Phi) is 5.69. The zero-order chi connectivity index (χ0) is 12.9. The molecule has 0 amide bonds. The highest BCUT2D eigenvalue weighted by Gasteiger charge is 2.31. The van der Waals surface area contributed by atoms with E-state index in [1.54, 1.807) is 6.92 Å². The number of esters is 1. The highest BCUT2D eigenvalue weighted by Crippen LogP contribution is 2.21. The number of ether oxygens (including phenoxy) is 1. The molecule has 17 heavy (non-hydrogen) atoms. The highest BCUT2D eigenvalue weighted by molar-refractivity contribution is 7.89. The first-order valence-corrected chi connectivity index (χ1v) is 7.86. The summed E-state index contributed by atoms with van der Waals surface area (Å²) in [6.45, 7) is 2.88. The quantitative estimate of drug-likeness (QED) is 0.554. The summed E-state index contributed by atoms with van der Waals surface area (Å²) < 4.78 is 29.8. The molecule has 100 valence electrons. The minimum atomic E-state index is -3.25. The van der Waals surface area contributed by atoms with Gasteiger partial charge in [0.15, 0.2) is 0 Å². The lowest BCUT2D eigenvalue weighted by molar-refractivity contribution is -0.149. The van der Waals surface area contributed by atoms with Gasteiger partial charge in [0, 0.05) is 19.0 Å². The molecule has 0 aromatic heterocycles. The average Bonchev–Trinajstić information content (AvgIpc) is 2.29. The molecule has 1 heterocycles. The summed E-state index contributed by atoms with van der Waals surface area (Å²) in [7, 11) is -3.25. The summed E-state index contributed by atoms with van der Waals surface area (Å²) in [5.74, 6) is -0.335. The maximum absolute atomic E-state index is 11.7. The van der Waals surface area contributed by atoms with Gasteiger partial charge in [0.1, 0.15) is 0 Å². The number of hydrogen-bond donors (Lipinski definition) is 0. The van der Waals surface area contributed by atoms with Crippen molar-refractivity contribution >= 4 is 27.6 Å². The molecule has 1 aliphatic rings. The fraction of sp³-hybridized carbons (Fsp3) is 0.900. The van der Waals surface area contributed by atoms with E-state index in [0.29, 0.717) is 32.5 Å². The van der Waals surface area contributed by atoms with E-state index in [1.165, 1.54) is 4.31 Å². The van der Waals surface area contributed by atoms with Crippen LogP contribution in [0, 0.1) is 5.92 Å². The van der Waals surface area contributed by atoms with Crippen LogP contribution in [0.1, 0.15) is 19.8 Å². The Balaban J connectivity index is 2.48. The third-order valence-corrected chi connectivity index (χ3v) is 5.09. The van der Waals surface area contributed by atoms with Gasteiger partial charge in [0.2, 0.25) is 10.0 Å². The van der Waals surface area contributed by atoms with Crippen molar-refractivity contribution in [3.05, 3.63) is 0 Å². The van der Waals surface area contributed by atoms with Gasteiger partial charge in [0.25, 0.3) is 0 Å². The van der Waals surface area contributed by atoms with Crippen LogP contribution in [0.25, 0.3) is 0 Å². The fourth-order valence-corrected chi connectivity index (χ4v) is 3.66. The van der Waals surface area contributed by atoms with Crippen molar-refractivity contribution in [1.82, 2.24) is 4.31 Å². The summed E-state index contributed by atoms with van der Waals surface area (Å²) in [4.78, 5) is 11.5. The maximum Gasteiger partial charge on any atom is 0.309 e. The molecule has 0 atom stereocenters. The predicted octanol–water partition coefficient (Wildman–Crippen LogP) is 0.830. The van der Waals surface area contributed by atoms with Crippen molar-refractivity contribution in [3.63, 3.8) is 0 Å². The minimum Gasteiger partial charge on any atom is -0.466 e. The summed E-state index contributed by atoms with van der Waals surface area (Å²) in [6.07, 6.45) is 1.06. The maximum atomic E-state index is 11.7. The molecule has 5 nitrogen and oxygen atoms in total. The van der Waals surface area contributed by atoms with Crippen LogP contribution in [0.15, 0.2) is 0 Å². The van der Waals surface area contributed by atoms with Crippen LogP contribution in [0.4, 0.5) is 0 Å². The van der Waals surface area contributed by atoms with E-state index in [2.05, 4.69) is 0 Å². The first kappa shape index (κ1) is 14.7. The fourth-order valence-electron chi connectivity index (χ4n) is 1.86. The number of rotatable bonds is 5. The van der Waals surface area contributed by atoms with E-state index in [1.807, 2.05) is 0 Å². The first-order valence-electron chi connectivity index (χ1n) is 5.71. The Hall–Kier alpha value is -0.330. The van der Waals surface area contributed by atoms with Gasteiger partial charge in [0.05, 0.1) is 18.3 Å². The van der Waals surface area contributed by atoms with Gasteiger partial charge in [-0.05, 0) is 19.8 Å². The molecule has 1 saturated heterocycles. The van der Waals surface area contributed by atoms with E-state index < -0.39 is 10.0 Å². The van der Waals surface area contributed by atoms with Crippen LogP contribution in [0.2, 0.25) is 0 Å². The number of hydrogen-bond acceptors (Lipinski definition) is 4. The third-order valence-electron chi connectivity index (χ3n) is 2.80. The van der Waals surface area contributed by atoms with Gasteiger partial charge in [-0.15, -0.1) is 11.6 Å². The van der Waals surface area contributed by atoms with Gasteiger partial charge in [-0.25, -0.2) is 12.7 Å². The zero-order valence-electron chi connectivity index (χ0n) is 9.89. The lowest BCUT2D eigenvalue weighted by Gasteiger charge is -2.29. The lowest BCUT2D eigenvalue weighted by Crippen LogP contribution is -2.41. The van der Waals surface area contributed by atoms with E-state index >= 15 is 0 Å². The van der Waals surface area contributed by atoms with Crippen LogP contribution >= 0.6 is 11.6 Å². The molecule has 1 aliphatic heterocycles. The number of nitrogens with zero attached hydrogens (tertiary/aromatic N) is 1. The molecule has 0 N–H and O–H groups in total. The van der Waals surface area contributed by atoms with Crippen molar-refractivity contribution in [1.29, 1.82) is 0 Å². The van der Waals surface area contributed by atoms with Crippen LogP contribution in [-0.4, -0.2) is 50.0 Å². The first-order chi connectivity index (χ1) is 8.01. The van der Waals surface area contributed by atoms with Crippen molar-refractivity contribution in [2.45, 2.75) is 19.8 Å². The molecular formula is C10H18ClNO4S. The summed E-state index contributed by atoms with van der Waals surface area (Å²) in [5.41, 5.74) is 0. The molecule has 0 aliphatic carbocycles. The standard InChI is InChI=1S/C10H18ClNO4S/c1-2-16-10(13)9-3-6-12(7-4-9)17(14,15)8-5-11/h9H,2-8H2,1H3. The van der Waals surface area contributed by atoms with E-state index in [4.69, 9.17) is 16.3 Å². The Labute approximate surface area is 107 Å². The molecular weight excluding hydrogens is 266 g/mol. The second-order valence-electron chi connectivity index (χ2n) is 3.93. The molecule has 0 bridgehead atoms. The van der Waals surface area contributed by atoms with E-state index in [-0.39, 0.29) is 23.5 Å². The van der Waals surface area contributed by atoms with Gasteiger partial charge in [-0.2, -0.15) is 0 Å². The van der Waals surface area contributed by atoms with Crippen molar-refractivity contribution in [2.75, 3.05) is 31.3 Å². The molecule has 0 unspecified atom stereocenters. The third kappa shape index (κ3) is 4.12. The number of alkyl halides is 1. The smallest absolute Gasteiger partial charge is 0.309 e. The molecule has 0 radical (unpaired) electrons. The molecule has 1 rings (SSSR count). The molecule has 7 heteroatoms. The van der Waals surface area contributed by atoms with Gasteiger partial charge in [-0.3, -0.25) is 4.79 Å². The van der Waals surface area contributed by atoms with Gasteiger partial charge >= 0.3 is 5.97 Å². The van der Waals surface area contributed by atoms with E-state index in [9.17, 15) is 13.2 Å². The number of carbonyl (C=O) groups excluding carboxylic acids is 1. The summed E-state index contributed by atoms with van der Waals surface area (Å²) >= 11 is 5.45. The Morgan fingerprint density at radius 3 is 2.47 bits per heavy atom. The lowest BCUT2D eigenvalue weighted by atomic mass is 9.98. The van der Waals surface area contributed by atoms with Crippen LogP contribution in [0.5, 0.6) is 0 Å².